The van der Waals surface area contributed by atoms with Gasteiger partial charge in [0.15, 0.2) is 0 Å². The van der Waals surface area contributed by atoms with Crippen LogP contribution in [0.2, 0.25) is 0 Å². The number of nitrogens with two attached hydrogens (primary N) is 4. The van der Waals surface area contributed by atoms with Gasteiger partial charge in [-0.1, -0.05) is 130 Å². The minimum absolute atomic E-state index is 0.0321. The van der Waals surface area contributed by atoms with Gasteiger partial charge in [-0.05, 0) is 104 Å². The molecule has 102 heavy (non-hydrogen) atoms. The molecule has 550 valence electrons. The number of likely N-dealkylation sites (tertiary alicyclic amines) is 1. The van der Waals surface area contributed by atoms with Crippen LogP contribution in [0, 0.1) is 11.8 Å². The Bertz CT molecular complexity index is 3710. The summed E-state index contributed by atoms with van der Waals surface area (Å²) in [6.45, 7) is 8.88. The number of amides is 12. The molecule has 29 nitrogen and oxygen atoms in total. The highest BCUT2D eigenvalue weighted by Crippen LogP contribution is 2.23. The highest BCUT2D eigenvalue weighted by atomic mass is 32.2. The number of aromatic nitrogens is 1. The monoisotopic (exact) mass is 1430 g/mol. The molecule has 1 aromatic heterocycles. The third kappa shape index (κ3) is 25.8. The molecule has 0 aliphatic carbocycles. The number of aromatic hydroxyl groups is 1. The Kier molecular flexibility index (Phi) is 31.9. The van der Waals surface area contributed by atoms with E-state index in [9.17, 15) is 62.6 Å². The van der Waals surface area contributed by atoms with Crippen molar-refractivity contribution in [3.8, 4) is 5.75 Å². The molecule has 1 aliphatic heterocycles. The van der Waals surface area contributed by atoms with E-state index in [0.717, 1.165) is 17.3 Å². The summed E-state index contributed by atoms with van der Waals surface area (Å²) in [4.78, 5) is 186. The number of phenolic OH excluding ortho intramolecular Hbond substituents is 1. The topological polar surface area (TPSA) is 474 Å². The van der Waals surface area contributed by atoms with Gasteiger partial charge in [0.25, 0.3) is 0 Å². The highest BCUT2D eigenvalue weighted by molar-refractivity contribution is 8.13. The summed E-state index contributed by atoms with van der Waals surface area (Å²) in [6, 6.07) is 16.8. The van der Waals surface area contributed by atoms with Crippen LogP contribution >= 0.6 is 11.8 Å². The van der Waals surface area contributed by atoms with E-state index in [1.165, 1.54) is 36.1 Å². The second-order valence-corrected chi connectivity index (χ2v) is 27.3. The Morgan fingerprint density at radius 1 is 0.578 bits per heavy atom. The lowest BCUT2D eigenvalue weighted by molar-refractivity contribution is -0.140. The van der Waals surface area contributed by atoms with Crippen LogP contribution in [-0.4, -0.2) is 177 Å². The second-order valence-electron chi connectivity index (χ2n) is 26.2. The molecule has 6 rings (SSSR count). The molecule has 0 spiro atoms. The fourth-order valence-electron chi connectivity index (χ4n) is 11.7. The van der Waals surface area contributed by atoms with Crippen molar-refractivity contribution in [1.82, 2.24) is 57.7 Å². The summed E-state index contributed by atoms with van der Waals surface area (Å²) >= 11 is 0.930. The van der Waals surface area contributed by atoms with Crippen LogP contribution < -0.4 is 70.8 Å². The maximum atomic E-state index is 15.0. The van der Waals surface area contributed by atoms with Gasteiger partial charge in [-0.15, -0.1) is 0 Å². The summed E-state index contributed by atoms with van der Waals surface area (Å²) in [7, 11) is 0. The first kappa shape index (κ1) is 80.8. The number of H-pyrrole nitrogens is 1. The molecular formula is C72H97N15O14S. The average Bonchev–Trinajstić information content (AvgIpc) is 1.57. The molecule has 19 N–H and O–H groups in total. The first-order valence-corrected chi connectivity index (χ1v) is 35.2. The van der Waals surface area contributed by atoms with Crippen molar-refractivity contribution in [2.24, 2.45) is 34.8 Å². The zero-order valence-electron chi connectivity index (χ0n) is 58.1. The molecule has 10 atom stereocenters. The zero-order chi connectivity index (χ0) is 74.6. The molecule has 5 aromatic rings. The van der Waals surface area contributed by atoms with Crippen LogP contribution in [0.5, 0.6) is 5.75 Å². The van der Waals surface area contributed by atoms with Gasteiger partial charge in [-0.2, -0.15) is 0 Å². The van der Waals surface area contributed by atoms with E-state index >= 15 is 4.79 Å². The lowest BCUT2D eigenvalue weighted by atomic mass is 9.99. The predicted molar refractivity (Wildman–Crippen MR) is 383 cm³/mol. The minimum atomic E-state index is -1.89. The minimum Gasteiger partial charge on any atom is -0.508 e. The molecule has 0 radical (unpaired) electrons. The number of hydrogen-bond acceptors (Lipinski definition) is 17. The standard InChI is InChI=1S/C72H97N15O14S/c1-41(2)34-58(72(101)102-33-31-77-43(5)88)85-63(92)52(22-14-30-73)80-70(99)62(42(3)4)86-68(97)55(37-46-24-26-48(89)27-25-46)81-64(93)53(28-29-60(75)90)79-67(96)57(39-61(76)91)83-66(95)56(38-47-40-78-51-21-13-12-20-49(47)51)82-65(94)54(36-45-18-10-7-11-19-45)84-69(98)59-23-15-32-87(59)71(100)50(74)35-44-16-8-6-9-17-44/h6-13,16-21,24-27,40-42,50,52-59,62,78,89H,14-15,22-23,28-39,73-74H2,1-5H3,(H2,75,90)(H2,76,91)(H,77,88)(H,79,96)(H,80,99)(H,81,93)(H,82,94)(H,83,95)(H,84,98)(H,85,92)(H,86,97)/t50-,52+,53+,54+,55+,56+,57+,58+,59+,62+/m1/s1. The van der Waals surface area contributed by atoms with Crippen LogP contribution in [-0.2, 0) is 88.0 Å². The maximum Gasteiger partial charge on any atom is 0.243 e. The Hall–Kier alpha value is -10.2. The van der Waals surface area contributed by atoms with E-state index in [1.807, 2.05) is 44.2 Å². The van der Waals surface area contributed by atoms with Crippen LogP contribution in [0.4, 0.5) is 0 Å². The number of carbonyl (C=O) groups excluding carboxylic acids is 13. The van der Waals surface area contributed by atoms with Gasteiger partial charge < -0.3 is 85.8 Å². The first-order chi connectivity index (χ1) is 48.6. The highest BCUT2D eigenvalue weighted by Gasteiger charge is 2.40. The van der Waals surface area contributed by atoms with E-state index < -0.39 is 151 Å². The molecule has 0 unspecified atom stereocenters. The smallest absolute Gasteiger partial charge is 0.243 e. The van der Waals surface area contributed by atoms with Crippen molar-refractivity contribution in [3.05, 3.63) is 138 Å². The van der Waals surface area contributed by atoms with E-state index in [0.29, 0.717) is 34.0 Å². The number of hydrogen-bond donors (Lipinski definition) is 15. The summed E-state index contributed by atoms with van der Waals surface area (Å²) in [5.41, 5.74) is 26.6. The Morgan fingerprint density at radius 2 is 1.09 bits per heavy atom. The Balaban J connectivity index is 1.25. The normalized spacial score (nSPS) is 15.4. The molecule has 0 saturated carbocycles. The van der Waals surface area contributed by atoms with Gasteiger partial charge in [-0.3, -0.25) is 62.3 Å². The van der Waals surface area contributed by atoms with Crippen LogP contribution in [0.25, 0.3) is 10.9 Å². The maximum absolute atomic E-state index is 15.0. The number of benzene rings is 4. The number of carbonyl (C=O) groups is 13. The van der Waals surface area contributed by atoms with E-state index in [4.69, 9.17) is 22.9 Å². The molecule has 2 heterocycles. The second kappa shape index (κ2) is 40.3. The van der Waals surface area contributed by atoms with Crippen LogP contribution in [0.15, 0.2) is 115 Å². The molecule has 1 saturated heterocycles. The quantitative estimate of drug-likeness (QED) is 0.0235. The van der Waals surface area contributed by atoms with Gasteiger partial charge in [0, 0.05) is 68.5 Å². The lowest BCUT2D eigenvalue weighted by Crippen LogP contribution is -2.61. The number of fused-ring (bicyclic) bond motifs is 1. The third-order valence-electron chi connectivity index (χ3n) is 17.1. The number of primary amides is 2. The van der Waals surface area contributed by atoms with Gasteiger partial charge in [-0.25, -0.2) is 0 Å². The summed E-state index contributed by atoms with van der Waals surface area (Å²) in [5, 5.41) is 34.4. The number of aromatic amines is 1. The van der Waals surface area contributed by atoms with Crippen molar-refractivity contribution in [1.29, 1.82) is 0 Å². The van der Waals surface area contributed by atoms with Crippen LogP contribution in [0.3, 0.4) is 0 Å². The Labute approximate surface area is 596 Å². The third-order valence-corrected chi connectivity index (χ3v) is 18.0. The Morgan fingerprint density at radius 3 is 1.68 bits per heavy atom. The van der Waals surface area contributed by atoms with Gasteiger partial charge >= 0.3 is 0 Å². The summed E-state index contributed by atoms with van der Waals surface area (Å²) in [6.07, 6.45) is 0.546. The van der Waals surface area contributed by atoms with Gasteiger partial charge in [0.05, 0.1) is 18.5 Å². The van der Waals surface area contributed by atoms with E-state index in [2.05, 4.69) is 52.8 Å². The number of nitrogens with one attached hydrogen (secondary N) is 10. The van der Waals surface area contributed by atoms with Crippen molar-refractivity contribution in [3.63, 3.8) is 0 Å². The van der Waals surface area contributed by atoms with Crippen molar-refractivity contribution >= 4 is 98.7 Å². The summed E-state index contributed by atoms with van der Waals surface area (Å²) < 4.78 is 0. The molecule has 1 aliphatic rings. The molecule has 1 fully saturated rings. The predicted octanol–water partition coefficient (Wildman–Crippen LogP) is 0.319. The van der Waals surface area contributed by atoms with Gasteiger partial charge in [0.2, 0.25) is 76.0 Å². The molecular weight excluding hydrogens is 1330 g/mol. The largest absolute Gasteiger partial charge is 0.508 e. The number of nitrogens with zero attached hydrogens (tertiary/aromatic N) is 1. The molecule has 30 heteroatoms. The van der Waals surface area contributed by atoms with E-state index in [1.54, 1.807) is 74.6 Å². The fourth-order valence-corrected chi connectivity index (χ4v) is 12.5. The zero-order valence-corrected chi connectivity index (χ0v) is 58.9. The average molecular weight is 1430 g/mol. The molecule has 12 amide bonds. The number of rotatable bonds is 40. The fraction of sp³-hybridized carbons (Fsp3) is 0.458. The SMILES string of the molecule is CC(=O)NCCSC(=O)[C@H](CC(C)C)NC(=O)[C@H](CCCN)NC(=O)[C@@H](NC(=O)[C@H](Cc1ccc(O)cc1)NC(=O)[C@H](CCC(N)=O)NC(=O)[C@H](CC(N)=O)NC(=O)[C@H](Cc1c[nH]c2ccccc12)NC(=O)[C@H](Cc1ccccc1)NC(=O)[C@@H]1CCCN1C(=O)[C@H](N)Cc1ccccc1)C(C)C. The lowest BCUT2D eigenvalue weighted by Gasteiger charge is -2.29. The van der Waals surface area contributed by atoms with Crippen molar-refractivity contribution in [2.75, 3.05) is 25.4 Å². The number of para-hydroxylation sites is 1. The summed E-state index contributed by atoms with van der Waals surface area (Å²) in [5.74, 6) is -10.6. The van der Waals surface area contributed by atoms with Crippen molar-refractivity contribution in [2.45, 2.75) is 172 Å². The van der Waals surface area contributed by atoms with Gasteiger partial charge in [0.1, 0.15) is 54.1 Å². The van der Waals surface area contributed by atoms with Crippen LogP contribution in [0.1, 0.15) is 108 Å². The number of phenols is 1. The van der Waals surface area contributed by atoms with E-state index in [-0.39, 0.29) is 99.4 Å². The first-order valence-electron chi connectivity index (χ1n) is 34.2. The van der Waals surface area contributed by atoms with Crippen molar-refractivity contribution < 1.29 is 67.4 Å². The number of thioether (sulfide) groups is 1. The molecule has 4 aromatic carbocycles. The molecule has 0 bridgehead atoms.